The maximum Gasteiger partial charge on any atom is 0.442 e. The van der Waals surface area contributed by atoms with Crippen molar-refractivity contribution >= 4 is 67.1 Å². The zero-order valence-corrected chi connectivity index (χ0v) is 32.2. The second-order valence-corrected chi connectivity index (χ2v) is 38.4. The molecule has 0 heterocycles. The van der Waals surface area contributed by atoms with Gasteiger partial charge in [0.15, 0.2) is 33.5 Å². The van der Waals surface area contributed by atoms with Crippen LogP contribution in [0.25, 0.3) is 5.76 Å². The van der Waals surface area contributed by atoms with Gasteiger partial charge in [-0.2, -0.15) is 0 Å². The van der Waals surface area contributed by atoms with E-state index in [1.54, 1.807) is 0 Å². The van der Waals surface area contributed by atoms with Gasteiger partial charge in [0.1, 0.15) is 5.75 Å². The lowest BCUT2D eigenvalue weighted by atomic mass is 10.1. The van der Waals surface area contributed by atoms with Crippen LogP contribution in [0.3, 0.4) is 0 Å². The molecule has 0 aliphatic heterocycles. The largest absolute Gasteiger partial charge is 0.542 e. The summed E-state index contributed by atoms with van der Waals surface area (Å²) in [4.78, 5) is 0. The molecule has 0 atom stereocenters. The molecule has 0 saturated heterocycles. The fourth-order valence-electron chi connectivity index (χ4n) is 2.90. The molecule has 0 aliphatic rings. The standard InChI is InChI=1S/C23H48O6Si7/c1-32(2,3)25-20-18-16-17-19(21(20)26-33(4,5)6)22(27-34(7,8)9)23(24-30)31(28-35(10,11)12)29-36(13,14)15/h16-18H,1-15H3. The van der Waals surface area contributed by atoms with Gasteiger partial charge in [-0.15, -0.1) is 0 Å². The summed E-state index contributed by atoms with van der Waals surface area (Å²) in [6.07, 6.45) is 0. The number of benzene rings is 1. The lowest BCUT2D eigenvalue weighted by molar-refractivity contribution is 0.372. The van der Waals surface area contributed by atoms with Crippen LogP contribution in [0, 0.1) is 0 Å². The molecule has 0 N–H and O–H groups in total. The second-order valence-electron chi connectivity index (χ2n) is 13.8. The molecule has 0 fully saturated rings. The summed E-state index contributed by atoms with van der Waals surface area (Å²) in [5, 5.41) is 0.564. The van der Waals surface area contributed by atoms with Crippen LogP contribution >= 0.6 is 0 Å². The molecular formula is C23H48O6Si7. The van der Waals surface area contributed by atoms with E-state index in [0.29, 0.717) is 16.9 Å². The highest BCUT2D eigenvalue weighted by molar-refractivity contribution is 6.83. The van der Waals surface area contributed by atoms with Crippen LogP contribution in [-0.2, 0) is 17.1 Å². The highest BCUT2D eigenvalue weighted by Gasteiger charge is 2.39. The topological polar surface area (TPSA) is 55.4 Å². The fourth-order valence-corrected chi connectivity index (χ4v) is 12.0. The Morgan fingerprint density at radius 1 is 0.639 bits per heavy atom. The minimum absolute atomic E-state index is 0.564. The number of hydrogen-bond acceptors (Lipinski definition) is 6. The van der Waals surface area contributed by atoms with Gasteiger partial charge in [0.05, 0.1) is 5.56 Å². The molecule has 13 heteroatoms. The zero-order chi connectivity index (χ0) is 28.3. The lowest BCUT2D eigenvalue weighted by Crippen LogP contribution is -2.45. The van der Waals surface area contributed by atoms with Crippen LogP contribution in [0.15, 0.2) is 23.6 Å². The Kier molecular flexibility index (Phi) is 11.4. The van der Waals surface area contributed by atoms with Crippen molar-refractivity contribution in [3.8, 4) is 11.5 Å². The van der Waals surface area contributed by atoms with E-state index < -0.39 is 50.9 Å². The summed E-state index contributed by atoms with van der Waals surface area (Å²) in [6.45, 7) is 32.5. The first-order valence-electron chi connectivity index (χ1n) is 12.4. The second kappa shape index (κ2) is 12.2. The Balaban J connectivity index is 4.06. The summed E-state index contributed by atoms with van der Waals surface area (Å²) in [7, 11) is -8.64. The monoisotopic (exact) mass is 616 g/mol. The number of rotatable bonds is 13. The van der Waals surface area contributed by atoms with Crippen LogP contribution in [0.2, 0.25) is 98.2 Å². The van der Waals surface area contributed by atoms with E-state index >= 15 is 0 Å². The first-order chi connectivity index (χ1) is 15.9. The van der Waals surface area contributed by atoms with Crippen LogP contribution < -0.4 is 8.85 Å². The van der Waals surface area contributed by atoms with E-state index in [1.165, 1.54) is 0 Å². The van der Waals surface area contributed by atoms with Crippen molar-refractivity contribution in [3.05, 3.63) is 29.1 Å². The average Bonchev–Trinajstić information content (AvgIpc) is 2.56. The van der Waals surface area contributed by atoms with Gasteiger partial charge in [-0.05, 0) is 110 Å². The minimum Gasteiger partial charge on any atom is -0.542 e. The van der Waals surface area contributed by atoms with Crippen LogP contribution in [0.5, 0.6) is 11.5 Å². The van der Waals surface area contributed by atoms with E-state index in [9.17, 15) is 0 Å². The molecule has 0 unspecified atom stereocenters. The molecule has 1 rings (SSSR count). The third kappa shape index (κ3) is 12.9. The van der Waals surface area contributed by atoms with Gasteiger partial charge in [0.2, 0.25) is 25.0 Å². The van der Waals surface area contributed by atoms with Crippen molar-refractivity contribution in [2.24, 2.45) is 0 Å². The summed E-state index contributed by atoms with van der Waals surface area (Å²) < 4.78 is 39.2. The molecule has 0 amide bonds. The van der Waals surface area contributed by atoms with Crippen molar-refractivity contribution in [3.63, 3.8) is 0 Å². The number of para-hydroxylation sites is 1. The molecule has 0 spiro atoms. The van der Waals surface area contributed by atoms with E-state index in [4.69, 9.17) is 25.9 Å². The normalized spacial score (nSPS) is 14.5. The van der Waals surface area contributed by atoms with Crippen molar-refractivity contribution in [2.45, 2.75) is 98.2 Å². The van der Waals surface area contributed by atoms with E-state index in [0.717, 1.165) is 11.3 Å². The van der Waals surface area contributed by atoms with Gasteiger partial charge in [-0.1, -0.05) is 6.07 Å². The molecule has 0 bridgehead atoms. The third-order valence-electron chi connectivity index (χ3n) is 3.75. The molecule has 0 aromatic heterocycles. The van der Waals surface area contributed by atoms with Crippen LogP contribution in [-0.4, -0.2) is 61.4 Å². The number of hydrogen-bond donors (Lipinski definition) is 0. The molecule has 36 heavy (non-hydrogen) atoms. The highest BCUT2D eigenvalue weighted by atomic mass is 28.4. The third-order valence-corrected chi connectivity index (χ3v) is 13.7. The molecule has 0 saturated carbocycles. The first kappa shape index (κ1) is 33.6. The maximum absolute atomic E-state index is 6.78. The predicted octanol–water partition coefficient (Wildman–Crippen LogP) is 7.46. The van der Waals surface area contributed by atoms with Crippen LogP contribution in [0.4, 0.5) is 0 Å². The van der Waals surface area contributed by atoms with E-state index in [1.807, 2.05) is 18.2 Å². The predicted molar refractivity (Wildman–Crippen MR) is 167 cm³/mol. The fraction of sp³-hybridized carbons (Fsp3) is 0.652. The van der Waals surface area contributed by atoms with Crippen molar-refractivity contribution in [1.29, 1.82) is 0 Å². The molecule has 4 radical (unpaired) electrons. The van der Waals surface area contributed by atoms with E-state index in [-0.39, 0.29) is 0 Å². The van der Waals surface area contributed by atoms with Gasteiger partial charge in [0, 0.05) is 0 Å². The minimum atomic E-state index is -2.10. The Bertz CT molecular complexity index is 888. The van der Waals surface area contributed by atoms with Gasteiger partial charge in [-0.25, -0.2) is 0 Å². The van der Waals surface area contributed by atoms with Gasteiger partial charge < -0.3 is 25.9 Å². The van der Waals surface area contributed by atoms with Crippen LogP contribution in [0.1, 0.15) is 5.56 Å². The van der Waals surface area contributed by atoms with Crippen molar-refractivity contribution in [1.82, 2.24) is 0 Å². The van der Waals surface area contributed by atoms with Crippen molar-refractivity contribution in [2.75, 3.05) is 0 Å². The summed E-state index contributed by atoms with van der Waals surface area (Å²) in [5.41, 5.74) is 0.810. The quantitative estimate of drug-likeness (QED) is 0.169. The smallest absolute Gasteiger partial charge is 0.442 e. The first-order valence-corrected chi connectivity index (χ1v) is 31.2. The maximum atomic E-state index is 6.78. The molecule has 0 aliphatic carbocycles. The summed E-state index contributed by atoms with van der Waals surface area (Å²) in [5.74, 6) is 2.06. The van der Waals surface area contributed by atoms with Gasteiger partial charge in [-0.3, -0.25) is 0 Å². The summed E-state index contributed by atoms with van der Waals surface area (Å²) >= 11 is 0. The Labute approximate surface area is 231 Å². The average molecular weight is 617 g/mol. The highest BCUT2D eigenvalue weighted by Crippen LogP contribution is 2.41. The Morgan fingerprint density at radius 3 is 1.47 bits per heavy atom. The van der Waals surface area contributed by atoms with Gasteiger partial charge in [0.25, 0.3) is 0 Å². The Hall–Kier alpha value is -0.402. The molecule has 6 nitrogen and oxygen atoms in total. The molecular weight excluding hydrogens is 569 g/mol. The summed E-state index contributed by atoms with van der Waals surface area (Å²) in [6, 6.07) is 6.00. The molecule has 1 aromatic carbocycles. The molecule has 204 valence electrons. The SMILES string of the molecule is C[Si](C)(C)OC(=C(O[Si])[Si](O[Si](C)(C)C)O[Si](C)(C)C)c1cccc(O[Si](C)(C)C)c1O[Si](C)(C)C. The van der Waals surface area contributed by atoms with E-state index in [2.05, 4.69) is 109 Å². The van der Waals surface area contributed by atoms with Crippen molar-refractivity contribution < 1.29 is 25.9 Å². The Morgan fingerprint density at radius 2 is 1.11 bits per heavy atom. The zero-order valence-electron chi connectivity index (χ0n) is 25.2. The lowest BCUT2D eigenvalue weighted by Gasteiger charge is -2.33. The molecule has 1 aromatic rings. The van der Waals surface area contributed by atoms with Gasteiger partial charge >= 0.3 is 19.8 Å².